The fourth-order valence-electron chi connectivity index (χ4n) is 1.98. The number of primary sulfonamides is 1. The average molecular weight is 246 g/mol. The Morgan fingerprint density at radius 1 is 1.50 bits per heavy atom. The van der Waals surface area contributed by atoms with E-state index in [0.717, 1.165) is 12.8 Å². The lowest BCUT2D eigenvalue weighted by atomic mass is 10.0. The Labute approximate surface area is 93.7 Å². The molecule has 1 aliphatic rings. The summed E-state index contributed by atoms with van der Waals surface area (Å²) in [5.41, 5.74) is -0.565. The highest BCUT2D eigenvalue weighted by Crippen LogP contribution is 2.34. The zero-order valence-corrected chi connectivity index (χ0v) is 9.99. The van der Waals surface area contributed by atoms with Crippen LogP contribution in [0.25, 0.3) is 0 Å². The zero-order chi connectivity index (χ0) is 12.0. The van der Waals surface area contributed by atoms with Gasteiger partial charge in [-0.15, -0.1) is 10.2 Å². The van der Waals surface area contributed by atoms with Crippen LogP contribution in [-0.4, -0.2) is 29.8 Å². The highest BCUT2D eigenvalue weighted by atomic mass is 32.2. The molecule has 2 rings (SSSR count). The number of sulfonamides is 1. The summed E-state index contributed by atoms with van der Waals surface area (Å²) in [5.74, 6) is 0.494. The third-order valence-electron chi connectivity index (χ3n) is 2.78. The van der Waals surface area contributed by atoms with Gasteiger partial charge in [-0.25, -0.2) is 13.6 Å². The van der Waals surface area contributed by atoms with Gasteiger partial charge in [-0.05, 0) is 19.8 Å². The number of rotatable bonds is 2. The fourth-order valence-corrected chi connectivity index (χ4v) is 2.60. The minimum atomic E-state index is -3.84. The molecule has 1 aromatic heterocycles. The molecule has 1 aliphatic heterocycles. The lowest BCUT2D eigenvalue weighted by molar-refractivity contribution is 0.00656. The van der Waals surface area contributed by atoms with Gasteiger partial charge in [0.1, 0.15) is 5.60 Å². The highest BCUT2D eigenvalue weighted by Gasteiger charge is 2.37. The van der Waals surface area contributed by atoms with Crippen molar-refractivity contribution in [2.75, 3.05) is 6.61 Å². The first-order valence-corrected chi connectivity index (χ1v) is 6.46. The van der Waals surface area contributed by atoms with Gasteiger partial charge in [-0.1, -0.05) is 0 Å². The number of aromatic nitrogens is 3. The van der Waals surface area contributed by atoms with E-state index in [1.807, 2.05) is 6.92 Å². The number of nitrogens with zero attached hydrogens (tertiary/aromatic N) is 3. The molecule has 1 fully saturated rings. The Kier molecular flexibility index (Phi) is 2.52. The maximum Gasteiger partial charge on any atom is 0.273 e. The monoisotopic (exact) mass is 246 g/mol. The van der Waals surface area contributed by atoms with Gasteiger partial charge in [0.2, 0.25) is 0 Å². The van der Waals surface area contributed by atoms with Crippen molar-refractivity contribution in [1.29, 1.82) is 0 Å². The van der Waals surface area contributed by atoms with E-state index in [0.29, 0.717) is 12.4 Å². The van der Waals surface area contributed by atoms with E-state index in [4.69, 9.17) is 9.88 Å². The van der Waals surface area contributed by atoms with E-state index < -0.39 is 15.6 Å². The Balaban J connectivity index is 2.49. The van der Waals surface area contributed by atoms with Crippen molar-refractivity contribution in [2.45, 2.75) is 30.5 Å². The quantitative estimate of drug-likeness (QED) is 0.757. The molecular weight excluding hydrogens is 232 g/mol. The molecular formula is C8H14N4O3S. The molecule has 0 radical (unpaired) electrons. The summed E-state index contributed by atoms with van der Waals surface area (Å²) in [7, 11) is -2.26. The lowest BCUT2D eigenvalue weighted by Gasteiger charge is -2.21. The van der Waals surface area contributed by atoms with E-state index in [1.54, 1.807) is 7.05 Å². The van der Waals surface area contributed by atoms with E-state index in [2.05, 4.69) is 10.2 Å². The van der Waals surface area contributed by atoms with Crippen molar-refractivity contribution in [3.05, 3.63) is 5.82 Å². The summed E-state index contributed by atoms with van der Waals surface area (Å²) in [4.78, 5) is 0. The van der Waals surface area contributed by atoms with Crippen molar-refractivity contribution >= 4 is 10.0 Å². The lowest BCUT2D eigenvalue weighted by Crippen LogP contribution is -2.26. The first kappa shape index (κ1) is 11.5. The van der Waals surface area contributed by atoms with Gasteiger partial charge >= 0.3 is 0 Å². The molecule has 16 heavy (non-hydrogen) atoms. The topological polar surface area (TPSA) is 100 Å². The molecule has 0 aromatic carbocycles. The molecule has 1 unspecified atom stereocenters. The van der Waals surface area contributed by atoms with Crippen LogP contribution < -0.4 is 5.14 Å². The molecule has 90 valence electrons. The Hall–Kier alpha value is -0.990. The van der Waals surface area contributed by atoms with Gasteiger partial charge in [0.05, 0.1) is 0 Å². The van der Waals surface area contributed by atoms with Gasteiger partial charge < -0.3 is 9.30 Å². The van der Waals surface area contributed by atoms with E-state index >= 15 is 0 Å². The standard InChI is InChI=1S/C8H14N4O3S/c1-8(4-3-5-15-8)6-10-11-7(12(6)2)16(9,13)14/h3-5H2,1-2H3,(H2,9,13,14). The molecule has 0 saturated carbocycles. The fraction of sp³-hybridized carbons (Fsp3) is 0.750. The summed E-state index contributed by atoms with van der Waals surface area (Å²) in [5, 5.41) is 12.2. The van der Waals surface area contributed by atoms with Gasteiger partial charge in [0.15, 0.2) is 5.82 Å². The molecule has 1 aromatic rings. The van der Waals surface area contributed by atoms with E-state index in [1.165, 1.54) is 4.57 Å². The van der Waals surface area contributed by atoms with Crippen LogP contribution in [0.5, 0.6) is 0 Å². The van der Waals surface area contributed by atoms with Crippen LogP contribution in [0, 0.1) is 0 Å². The van der Waals surface area contributed by atoms with Crippen LogP contribution in [0.3, 0.4) is 0 Å². The smallest absolute Gasteiger partial charge is 0.273 e. The maximum atomic E-state index is 11.2. The van der Waals surface area contributed by atoms with Crippen LogP contribution >= 0.6 is 0 Å². The molecule has 7 nitrogen and oxygen atoms in total. The number of ether oxygens (including phenoxy) is 1. The minimum Gasteiger partial charge on any atom is -0.367 e. The van der Waals surface area contributed by atoms with Crippen LogP contribution in [0.1, 0.15) is 25.6 Å². The van der Waals surface area contributed by atoms with Gasteiger partial charge in [-0.3, -0.25) is 0 Å². The molecule has 8 heteroatoms. The van der Waals surface area contributed by atoms with Crippen molar-refractivity contribution in [1.82, 2.24) is 14.8 Å². The van der Waals surface area contributed by atoms with Crippen LogP contribution in [0.15, 0.2) is 5.16 Å². The third-order valence-corrected chi connectivity index (χ3v) is 3.65. The summed E-state index contributed by atoms with van der Waals surface area (Å²) in [6, 6.07) is 0. The highest BCUT2D eigenvalue weighted by molar-refractivity contribution is 7.89. The SMILES string of the molecule is Cn1c(C2(C)CCCO2)nnc1S(N)(=O)=O. The van der Waals surface area contributed by atoms with Crippen molar-refractivity contribution in [3.8, 4) is 0 Å². The summed E-state index contributed by atoms with van der Waals surface area (Å²) in [6.45, 7) is 2.52. The first-order valence-electron chi connectivity index (χ1n) is 4.91. The molecule has 1 saturated heterocycles. The second kappa shape index (κ2) is 3.51. The first-order chi connectivity index (χ1) is 7.34. The molecule has 0 spiro atoms. The number of hydrogen-bond acceptors (Lipinski definition) is 5. The maximum absolute atomic E-state index is 11.2. The number of hydrogen-bond donors (Lipinski definition) is 1. The summed E-state index contributed by atoms with van der Waals surface area (Å²) < 4.78 is 29.3. The normalized spacial score (nSPS) is 26.2. The van der Waals surface area contributed by atoms with Gasteiger partial charge in [0.25, 0.3) is 15.2 Å². The molecule has 1 atom stereocenters. The molecule has 2 heterocycles. The van der Waals surface area contributed by atoms with E-state index in [9.17, 15) is 8.42 Å². The zero-order valence-electron chi connectivity index (χ0n) is 9.17. The molecule has 0 aliphatic carbocycles. The predicted octanol–water partition coefficient (Wildman–Crippen LogP) is -0.512. The third kappa shape index (κ3) is 1.72. The molecule has 2 N–H and O–H groups in total. The van der Waals surface area contributed by atoms with Crippen LogP contribution in [-0.2, 0) is 27.4 Å². The largest absolute Gasteiger partial charge is 0.367 e. The Morgan fingerprint density at radius 2 is 2.19 bits per heavy atom. The average Bonchev–Trinajstić information content (AvgIpc) is 2.71. The molecule has 0 amide bonds. The van der Waals surface area contributed by atoms with Crippen LogP contribution in [0.2, 0.25) is 0 Å². The van der Waals surface area contributed by atoms with Crippen molar-refractivity contribution in [3.63, 3.8) is 0 Å². The van der Waals surface area contributed by atoms with E-state index in [-0.39, 0.29) is 5.16 Å². The van der Waals surface area contributed by atoms with Crippen molar-refractivity contribution < 1.29 is 13.2 Å². The summed E-state index contributed by atoms with van der Waals surface area (Å²) in [6.07, 6.45) is 1.72. The second-order valence-electron chi connectivity index (χ2n) is 4.09. The minimum absolute atomic E-state index is 0.237. The summed E-state index contributed by atoms with van der Waals surface area (Å²) >= 11 is 0. The number of nitrogens with two attached hydrogens (primary N) is 1. The second-order valence-corrected chi connectivity index (χ2v) is 5.55. The van der Waals surface area contributed by atoms with Gasteiger partial charge in [-0.2, -0.15) is 0 Å². The Bertz CT molecular complexity index is 501. The van der Waals surface area contributed by atoms with Crippen molar-refractivity contribution in [2.24, 2.45) is 12.2 Å². The molecule has 0 bridgehead atoms. The van der Waals surface area contributed by atoms with Gasteiger partial charge in [0, 0.05) is 13.7 Å². The Morgan fingerprint density at radius 3 is 2.62 bits per heavy atom. The predicted molar refractivity (Wildman–Crippen MR) is 54.9 cm³/mol. The van der Waals surface area contributed by atoms with Crippen LogP contribution in [0.4, 0.5) is 0 Å².